The van der Waals surface area contributed by atoms with Gasteiger partial charge in [-0.1, -0.05) is 37.8 Å². The zero-order chi connectivity index (χ0) is 8.27. The molecule has 0 radical (unpaired) electrons. The van der Waals surface area contributed by atoms with E-state index in [9.17, 15) is 0 Å². The summed E-state index contributed by atoms with van der Waals surface area (Å²) in [6.07, 6.45) is 3.30. The summed E-state index contributed by atoms with van der Waals surface area (Å²) in [5, 5.41) is 2.43. The molecule has 0 saturated carbocycles. The van der Waals surface area contributed by atoms with E-state index in [1.165, 1.54) is 10.8 Å². The summed E-state index contributed by atoms with van der Waals surface area (Å²) < 4.78 is 0. The minimum atomic E-state index is 1.08. The number of benzene rings is 1. The van der Waals surface area contributed by atoms with Crippen molar-refractivity contribution < 1.29 is 0 Å². The molecular weight excluding hydrogens is 132 g/mol. The zero-order valence-corrected chi connectivity index (χ0v) is 7.22. The Morgan fingerprint density at radius 2 is 2.18 bits per heavy atom. The van der Waals surface area contributed by atoms with E-state index in [4.69, 9.17) is 0 Å². The quantitative estimate of drug-likeness (QED) is 0.564. The van der Waals surface area contributed by atoms with Crippen LogP contribution in [0.15, 0.2) is 18.2 Å². The van der Waals surface area contributed by atoms with E-state index >= 15 is 0 Å². The van der Waals surface area contributed by atoms with Crippen molar-refractivity contribution in [3.05, 3.63) is 34.2 Å². The van der Waals surface area contributed by atoms with Crippen molar-refractivity contribution in [2.24, 2.45) is 0 Å². The second kappa shape index (κ2) is 3.38. The molecule has 0 aliphatic rings. The van der Waals surface area contributed by atoms with Crippen molar-refractivity contribution in [1.82, 2.24) is 0 Å². The molecule has 0 N–H and O–H groups in total. The minimum absolute atomic E-state index is 1.08. The van der Waals surface area contributed by atoms with Gasteiger partial charge < -0.3 is 0 Å². The number of hydrogen-bond donors (Lipinski definition) is 0. The Morgan fingerprint density at radius 1 is 1.45 bits per heavy atom. The normalized spacial score (nSPS) is 12.0. The lowest BCUT2D eigenvalue weighted by Gasteiger charge is -1.93. The fourth-order valence-corrected chi connectivity index (χ4v) is 1.24. The van der Waals surface area contributed by atoms with E-state index in [-0.39, 0.29) is 0 Å². The molecular formula is C11H14. The molecule has 0 atom stereocenters. The van der Waals surface area contributed by atoms with Crippen molar-refractivity contribution >= 4 is 12.7 Å². The lowest BCUT2D eigenvalue weighted by atomic mass is 10.1. The second-order valence-electron chi connectivity index (χ2n) is 2.76. The third-order valence-electron chi connectivity index (χ3n) is 1.82. The Labute approximate surface area is 67.9 Å². The maximum atomic E-state index is 3.97. The fourth-order valence-electron chi connectivity index (χ4n) is 1.24. The molecule has 11 heavy (non-hydrogen) atoms. The molecule has 58 valence electrons. The van der Waals surface area contributed by atoms with Gasteiger partial charge >= 0.3 is 0 Å². The lowest BCUT2D eigenvalue weighted by Crippen LogP contribution is -2.25. The molecule has 0 heteroatoms. The van der Waals surface area contributed by atoms with Gasteiger partial charge in [0.2, 0.25) is 0 Å². The van der Waals surface area contributed by atoms with Crippen LogP contribution in [0, 0.1) is 6.92 Å². The molecule has 0 saturated heterocycles. The summed E-state index contributed by atoms with van der Waals surface area (Å²) >= 11 is 0. The highest BCUT2D eigenvalue weighted by Crippen LogP contribution is 1.84. The van der Waals surface area contributed by atoms with E-state index in [0.717, 1.165) is 11.6 Å². The van der Waals surface area contributed by atoms with Gasteiger partial charge in [0.05, 0.1) is 0 Å². The second-order valence-corrected chi connectivity index (χ2v) is 2.76. The summed E-state index contributed by atoms with van der Waals surface area (Å²) in [4.78, 5) is 0. The molecule has 0 unspecified atom stereocenters. The summed E-state index contributed by atoms with van der Waals surface area (Å²) in [7, 11) is 0. The molecule has 0 bridgehead atoms. The molecule has 1 rings (SSSR count). The van der Waals surface area contributed by atoms with Crippen molar-refractivity contribution in [2.45, 2.75) is 20.3 Å². The monoisotopic (exact) mass is 146 g/mol. The molecule has 0 aliphatic carbocycles. The van der Waals surface area contributed by atoms with E-state index in [1.807, 2.05) is 6.07 Å². The van der Waals surface area contributed by atoms with Gasteiger partial charge in [-0.3, -0.25) is 0 Å². The van der Waals surface area contributed by atoms with Gasteiger partial charge in [0.25, 0.3) is 0 Å². The SMILES string of the molecule is C=c1cccc(C)/c1=C\CC. The number of aryl methyl sites for hydroxylation is 1. The van der Waals surface area contributed by atoms with E-state index in [0.29, 0.717) is 0 Å². The maximum Gasteiger partial charge on any atom is -0.0201 e. The summed E-state index contributed by atoms with van der Waals surface area (Å²) in [6, 6.07) is 6.22. The Morgan fingerprint density at radius 3 is 2.73 bits per heavy atom. The van der Waals surface area contributed by atoms with Gasteiger partial charge in [-0.2, -0.15) is 0 Å². The highest BCUT2D eigenvalue weighted by atomic mass is 13.9. The van der Waals surface area contributed by atoms with Gasteiger partial charge in [0.15, 0.2) is 0 Å². The van der Waals surface area contributed by atoms with Crippen LogP contribution < -0.4 is 10.4 Å². The maximum absolute atomic E-state index is 3.97. The first-order valence-electron chi connectivity index (χ1n) is 4.00. The average Bonchev–Trinajstić information content (AvgIpc) is 1.97. The predicted molar refractivity (Wildman–Crippen MR) is 50.7 cm³/mol. The van der Waals surface area contributed by atoms with Gasteiger partial charge in [0.1, 0.15) is 0 Å². The molecule has 1 aromatic rings. The van der Waals surface area contributed by atoms with Gasteiger partial charge in [-0.15, -0.1) is 0 Å². The summed E-state index contributed by atoms with van der Waals surface area (Å²) in [5.74, 6) is 0. The predicted octanol–water partition coefficient (Wildman–Crippen LogP) is 1.60. The van der Waals surface area contributed by atoms with Gasteiger partial charge in [-0.05, 0) is 29.3 Å². The lowest BCUT2D eigenvalue weighted by molar-refractivity contribution is 1.26. The van der Waals surface area contributed by atoms with E-state index < -0.39 is 0 Å². The third-order valence-corrected chi connectivity index (χ3v) is 1.82. The Kier molecular flexibility index (Phi) is 2.48. The molecule has 0 aliphatic heterocycles. The molecule has 1 aromatic carbocycles. The summed E-state index contributed by atoms with van der Waals surface area (Å²) in [6.45, 7) is 8.23. The molecule has 0 nitrogen and oxygen atoms in total. The highest BCUT2D eigenvalue weighted by Gasteiger charge is 1.85. The molecule has 0 amide bonds. The largest absolute Gasteiger partial charge is 0.0912 e. The van der Waals surface area contributed by atoms with Crippen LogP contribution in [0.2, 0.25) is 0 Å². The highest BCUT2D eigenvalue weighted by molar-refractivity contribution is 5.31. The van der Waals surface area contributed by atoms with Crippen molar-refractivity contribution in [3.63, 3.8) is 0 Å². The fraction of sp³-hybridized carbons (Fsp3) is 0.273. The number of hydrogen-bond acceptors (Lipinski definition) is 0. The molecule has 0 heterocycles. The van der Waals surface area contributed by atoms with E-state index in [1.54, 1.807) is 0 Å². The standard InChI is InChI=1S/C11H14/c1-4-6-11-9(2)7-5-8-10(11)3/h5-8H,2,4H2,1,3H3/b11-6-. The van der Waals surface area contributed by atoms with Crippen LogP contribution in [0.3, 0.4) is 0 Å². The van der Waals surface area contributed by atoms with Crippen molar-refractivity contribution in [1.29, 1.82) is 0 Å². The van der Waals surface area contributed by atoms with Crippen LogP contribution in [-0.4, -0.2) is 0 Å². The molecule has 0 aromatic heterocycles. The molecule has 0 fully saturated rings. The van der Waals surface area contributed by atoms with Crippen LogP contribution in [-0.2, 0) is 0 Å². The van der Waals surface area contributed by atoms with Crippen LogP contribution in [0.1, 0.15) is 18.9 Å². The van der Waals surface area contributed by atoms with Crippen LogP contribution in [0.4, 0.5) is 0 Å². The third kappa shape index (κ3) is 1.70. The van der Waals surface area contributed by atoms with Crippen LogP contribution >= 0.6 is 0 Å². The summed E-state index contributed by atoms with van der Waals surface area (Å²) in [5.41, 5.74) is 1.32. The van der Waals surface area contributed by atoms with Gasteiger partial charge in [0, 0.05) is 0 Å². The van der Waals surface area contributed by atoms with Gasteiger partial charge in [-0.25, -0.2) is 0 Å². The van der Waals surface area contributed by atoms with Crippen LogP contribution in [0.5, 0.6) is 0 Å². The Bertz CT molecular complexity index is 334. The van der Waals surface area contributed by atoms with Crippen molar-refractivity contribution in [3.8, 4) is 0 Å². The topological polar surface area (TPSA) is 0 Å². The minimum Gasteiger partial charge on any atom is -0.0912 e. The Balaban J connectivity index is 3.45. The van der Waals surface area contributed by atoms with E-state index in [2.05, 4.69) is 38.6 Å². The Hall–Kier alpha value is -1.04. The smallest absolute Gasteiger partial charge is 0.0201 e. The first-order valence-corrected chi connectivity index (χ1v) is 4.00. The first-order chi connectivity index (χ1) is 5.25. The average molecular weight is 146 g/mol. The first kappa shape index (κ1) is 8.06. The zero-order valence-electron chi connectivity index (χ0n) is 7.22. The van der Waals surface area contributed by atoms with Crippen molar-refractivity contribution in [2.75, 3.05) is 0 Å². The number of rotatable bonds is 1. The van der Waals surface area contributed by atoms with Crippen LogP contribution in [0.25, 0.3) is 12.7 Å². The molecule has 0 spiro atoms.